The van der Waals surface area contributed by atoms with Crippen molar-refractivity contribution in [2.24, 2.45) is 20.5 Å². The minimum absolute atomic E-state index is 0.181. The van der Waals surface area contributed by atoms with Gasteiger partial charge >= 0.3 is 0 Å². The van der Waals surface area contributed by atoms with E-state index in [0.717, 1.165) is 5.56 Å². The molecule has 1 aromatic carbocycles. The summed E-state index contributed by atoms with van der Waals surface area (Å²) in [7, 11) is 0. The van der Waals surface area contributed by atoms with Crippen molar-refractivity contribution in [3.8, 4) is 0 Å². The van der Waals surface area contributed by atoms with Gasteiger partial charge in [0.2, 0.25) is 0 Å². The zero-order valence-corrected chi connectivity index (χ0v) is 11.3. The minimum Gasteiger partial charge on any atom is -0.351 e. The van der Waals surface area contributed by atoms with Crippen molar-refractivity contribution in [2.45, 2.75) is 12.1 Å². The number of nitrogens with zero attached hydrogens (tertiary/aromatic N) is 4. The molecule has 2 aliphatic rings. The third-order valence-corrected chi connectivity index (χ3v) is 3.28. The lowest BCUT2D eigenvalue weighted by Gasteiger charge is -2.19. The molecular formula is C14H11N5O3. The molecule has 0 aromatic heterocycles. The monoisotopic (exact) mass is 297 g/mol. The van der Waals surface area contributed by atoms with Gasteiger partial charge in [0, 0.05) is 18.2 Å². The third-order valence-electron chi connectivity index (χ3n) is 3.28. The average molecular weight is 297 g/mol. The van der Waals surface area contributed by atoms with Crippen molar-refractivity contribution in [1.82, 2.24) is 5.32 Å². The van der Waals surface area contributed by atoms with E-state index in [0.29, 0.717) is 5.56 Å². The van der Waals surface area contributed by atoms with Crippen LogP contribution in [0.2, 0.25) is 0 Å². The Morgan fingerprint density at radius 3 is 2.73 bits per heavy atom. The molecule has 2 heterocycles. The predicted octanol–water partition coefficient (Wildman–Crippen LogP) is 1.37. The molecule has 1 aromatic rings. The van der Waals surface area contributed by atoms with E-state index < -0.39 is 23.9 Å². The summed E-state index contributed by atoms with van der Waals surface area (Å²) in [6, 6.07) is 5.75. The molecule has 2 aliphatic heterocycles. The molecule has 0 aliphatic carbocycles. The molecule has 0 fully saturated rings. The van der Waals surface area contributed by atoms with E-state index >= 15 is 0 Å². The first-order valence-electron chi connectivity index (χ1n) is 6.60. The summed E-state index contributed by atoms with van der Waals surface area (Å²) in [6.45, 7) is 0.181. The number of rotatable bonds is 3. The number of nitrogens with one attached hydrogen (secondary N) is 1. The SMILES string of the molecule is O=C1C=CC(C(=O)NCC2N=NC(=O)c3ccccc32)N=N1. The van der Waals surface area contributed by atoms with E-state index in [-0.39, 0.29) is 12.5 Å². The average Bonchev–Trinajstić information content (AvgIpc) is 2.55. The molecule has 8 nitrogen and oxygen atoms in total. The fourth-order valence-corrected chi connectivity index (χ4v) is 2.18. The number of hydrogen-bond donors (Lipinski definition) is 1. The van der Waals surface area contributed by atoms with Crippen LogP contribution in [0.1, 0.15) is 22.0 Å². The van der Waals surface area contributed by atoms with Crippen molar-refractivity contribution in [3.63, 3.8) is 0 Å². The highest BCUT2D eigenvalue weighted by atomic mass is 16.2. The van der Waals surface area contributed by atoms with E-state index in [4.69, 9.17) is 0 Å². The normalized spacial score (nSPS) is 22.5. The molecule has 0 saturated heterocycles. The lowest BCUT2D eigenvalue weighted by molar-refractivity contribution is -0.121. The van der Waals surface area contributed by atoms with Crippen LogP contribution < -0.4 is 5.32 Å². The van der Waals surface area contributed by atoms with E-state index in [1.807, 2.05) is 0 Å². The number of benzene rings is 1. The highest BCUT2D eigenvalue weighted by molar-refractivity contribution is 5.97. The van der Waals surface area contributed by atoms with Crippen LogP contribution in [0.25, 0.3) is 0 Å². The standard InChI is InChI=1S/C14H11N5O3/c20-12-6-5-10(16-18-12)14(22)15-7-11-8-3-1-2-4-9(8)13(21)19-17-11/h1-6,10-11H,7H2,(H,15,22). The van der Waals surface area contributed by atoms with Crippen LogP contribution in [-0.4, -0.2) is 30.3 Å². The topological polar surface area (TPSA) is 113 Å². The Labute approximate surface area is 125 Å². The van der Waals surface area contributed by atoms with Crippen LogP contribution in [0.15, 0.2) is 56.9 Å². The Morgan fingerprint density at radius 1 is 1.14 bits per heavy atom. The lowest BCUT2D eigenvalue weighted by atomic mass is 9.99. The van der Waals surface area contributed by atoms with Gasteiger partial charge in [0.05, 0.1) is 0 Å². The van der Waals surface area contributed by atoms with Crippen LogP contribution in [0.3, 0.4) is 0 Å². The summed E-state index contributed by atoms with van der Waals surface area (Å²) in [5, 5.41) is 17.1. The maximum absolute atomic E-state index is 12.0. The van der Waals surface area contributed by atoms with Gasteiger partial charge < -0.3 is 5.32 Å². The molecule has 110 valence electrons. The van der Waals surface area contributed by atoms with Crippen LogP contribution in [-0.2, 0) is 9.59 Å². The van der Waals surface area contributed by atoms with Gasteiger partial charge in [-0.25, -0.2) is 0 Å². The zero-order chi connectivity index (χ0) is 15.5. The summed E-state index contributed by atoms with van der Waals surface area (Å²) in [4.78, 5) is 34.5. The number of carbonyl (C=O) groups excluding carboxylic acids is 3. The number of azo groups is 2. The summed E-state index contributed by atoms with van der Waals surface area (Å²) < 4.78 is 0. The van der Waals surface area contributed by atoms with E-state index in [2.05, 4.69) is 25.8 Å². The molecule has 3 rings (SSSR count). The summed E-state index contributed by atoms with van der Waals surface area (Å²) in [6.07, 6.45) is 2.58. The Kier molecular flexibility index (Phi) is 3.65. The molecule has 22 heavy (non-hydrogen) atoms. The Bertz CT molecular complexity index is 722. The zero-order valence-electron chi connectivity index (χ0n) is 11.3. The van der Waals surface area contributed by atoms with Gasteiger partial charge in [-0.1, -0.05) is 18.2 Å². The lowest BCUT2D eigenvalue weighted by Crippen LogP contribution is -2.36. The molecule has 2 unspecified atom stereocenters. The van der Waals surface area contributed by atoms with E-state index in [9.17, 15) is 14.4 Å². The number of hydrogen-bond acceptors (Lipinski definition) is 5. The largest absolute Gasteiger partial charge is 0.351 e. The maximum atomic E-state index is 12.0. The van der Waals surface area contributed by atoms with Crippen molar-refractivity contribution in [2.75, 3.05) is 6.54 Å². The van der Waals surface area contributed by atoms with Gasteiger partial charge in [0.15, 0.2) is 6.04 Å². The number of amides is 3. The molecule has 0 radical (unpaired) electrons. The second-order valence-corrected chi connectivity index (χ2v) is 4.73. The molecular weight excluding hydrogens is 286 g/mol. The first kappa shape index (κ1) is 13.9. The van der Waals surface area contributed by atoms with Crippen LogP contribution >= 0.6 is 0 Å². The first-order valence-corrected chi connectivity index (χ1v) is 6.60. The Hall–Kier alpha value is -3.03. The van der Waals surface area contributed by atoms with Crippen molar-refractivity contribution >= 4 is 17.7 Å². The van der Waals surface area contributed by atoms with Crippen LogP contribution in [0.4, 0.5) is 0 Å². The van der Waals surface area contributed by atoms with Crippen molar-refractivity contribution in [1.29, 1.82) is 0 Å². The number of carbonyl (C=O) groups is 3. The smallest absolute Gasteiger partial charge is 0.295 e. The van der Waals surface area contributed by atoms with E-state index in [1.54, 1.807) is 24.3 Å². The summed E-state index contributed by atoms with van der Waals surface area (Å²) >= 11 is 0. The van der Waals surface area contributed by atoms with Gasteiger partial charge in [-0.05, 0) is 17.7 Å². The molecule has 1 N–H and O–H groups in total. The Morgan fingerprint density at radius 2 is 1.95 bits per heavy atom. The quantitative estimate of drug-likeness (QED) is 0.908. The number of fused-ring (bicyclic) bond motifs is 1. The van der Waals surface area contributed by atoms with E-state index in [1.165, 1.54) is 12.2 Å². The third kappa shape index (κ3) is 2.71. The van der Waals surface area contributed by atoms with Gasteiger partial charge in [-0.15, -0.1) is 10.2 Å². The molecule has 0 bridgehead atoms. The predicted molar refractivity (Wildman–Crippen MR) is 74.2 cm³/mol. The summed E-state index contributed by atoms with van der Waals surface area (Å²) in [5.74, 6) is -1.27. The van der Waals surface area contributed by atoms with Gasteiger partial charge in [-0.3, -0.25) is 14.4 Å². The molecule has 8 heteroatoms. The molecule has 3 amide bonds. The van der Waals surface area contributed by atoms with Gasteiger partial charge in [0.1, 0.15) is 6.04 Å². The van der Waals surface area contributed by atoms with Crippen molar-refractivity contribution in [3.05, 3.63) is 47.5 Å². The minimum atomic E-state index is -0.824. The van der Waals surface area contributed by atoms with Crippen LogP contribution in [0.5, 0.6) is 0 Å². The molecule has 0 saturated carbocycles. The van der Waals surface area contributed by atoms with Crippen LogP contribution in [0, 0.1) is 0 Å². The second-order valence-electron chi connectivity index (χ2n) is 4.73. The van der Waals surface area contributed by atoms with Crippen molar-refractivity contribution < 1.29 is 14.4 Å². The fourth-order valence-electron chi connectivity index (χ4n) is 2.18. The first-order chi connectivity index (χ1) is 10.6. The fraction of sp³-hybridized carbons (Fsp3) is 0.214. The maximum Gasteiger partial charge on any atom is 0.295 e. The summed E-state index contributed by atoms with van der Waals surface area (Å²) in [5.41, 5.74) is 1.21. The molecule has 0 spiro atoms. The Balaban J connectivity index is 1.67. The van der Waals surface area contributed by atoms with Gasteiger partial charge in [0.25, 0.3) is 17.7 Å². The highest BCUT2D eigenvalue weighted by Gasteiger charge is 2.25. The highest BCUT2D eigenvalue weighted by Crippen LogP contribution is 2.26. The second kappa shape index (κ2) is 5.76. The van der Waals surface area contributed by atoms with Gasteiger partial charge in [-0.2, -0.15) is 10.2 Å². The molecule has 2 atom stereocenters.